The van der Waals surface area contributed by atoms with Gasteiger partial charge in [-0.15, -0.1) is 0 Å². The number of hydrogen-bond acceptors (Lipinski definition) is 3. The van der Waals surface area contributed by atoms with Crippen molar-refractivity contribution in [2.45, 2.75) is 5.78 Å². The monoisotopic (exact) mass is 325 g/mol. The summed E-state index contributed by atoms with van der Waals surface area (Å²) in [4.78, 5) is 13.9. The molecule has 0 aromatic heterocycles. The van der Waals surface area contributed by atoms with Gasteiger partial charge in [-0.05, 0) is 29.8 Å². The van der Waals surface area contributed by atoms with Crippen LogP contribution >= 0.6 is 7.29 Å². The predicted molar refractivity (Wildman–Crippen MR) is 88.5 cm³/mol. The van der Waals surface area contributed by atoms with Gasteiger partial charge in [0.15, 0.2) is 0 Å². The van der Waals surface area contributed by atoms with Crippen LogP contribution in [0.1, 0.15) is 16.9 Å². The molecule has 1 aliphatic heterocycles. The Morgan fingerprint density at radius 3 is 2.22 bits per heavy atom. The van der Waals surface area contributed by atoms with Crippen LogP contribution in [0.5, 0.6) is 0 Å². The fourth-order valence-corrected chi connectivity index (χ4v) is 6.07. The molecule has 116 valence electrons. The molecular weight excluding hydrogens is 309 g/mol. The zero-order chi connectivity index (χ0) is 16.6. The molecule has 2 amide bonds. The third kappa shape index (κ3) is 2.23. The summed E-state index contributed by atoms with van der Waals surface area (Å²) < 4.78 is 15.2. The molecule has 0 N–H and O–H groups in total. The van der Waals surface area contributed by atoms with Crippen LogP contribution in [0, 0.1) is 11.3 Å². The number of benzene rings is 2. The van der Waals surface area contributed by atoms with Gasteiger partial charge in [0.25, 0.3) is 0 Å². The number of urea groups is 1. The highest BCUT2D eigenvalue weighted by Gasteiger charge is 2.52. The number of rotatable bonds is 2. The molecule has 5 nitrogen and oxygen atoms in total. The van der Waals surface area contributed by atoms with Crippen molar-refractivity contribution in [1.29, 1.82) is 5.26 Å². The van der Waals surface area contributed by atoms with Gasteiger partial charge in [0, 0.05) is 19.4 Å². The van der Waals surface area contributed by atoms with Crippen LogP contribution in [-0.2, 0) is 4.57 Å². The van der Waals surface area contributed by atoms with Crippen LogP contribution in [0.3, 0.4) is 0 Å². The first-order chi connectivity index (χ1) is 11.0. The van der Waals surface area contributed by atoms with Crippen molar-refractivity contribution in [3.8, 4) is 6.07 Å². The molecule has 2 unspecified atom stereocenters. The van der Waals surface area contributed by atoms with Crippen molar-refractivity contribution in [3.63, 3.8) is 0 Å². The second kappa shape index (κ2) is 5.57. The van der Waals surface area contributed by atoms with E-state index in [1.807, 2.05) is 18.2 Å². The third-order valence-electron chi connectivity index (χ3n) is 4.19. The minimum atomic E-state index is -3.15. The minimum Gasteiger partial charge on any atom is -0.311 e. The zero-order valence-corrected chi connectivity index (χ0v) is 13.8. The predicted octanol–water partition coefficient (Wildman–Crippen LogP) is 3.16. The molecule has 0 aliphatic carbocycles. The summed E-state index contributed by atoms with van der Waals surface area (Å²) in [5, 5.41) is 9.58. The molecule has 0 bridgehead atoms. The Labute approximate surface area is 135 Å². The second-order valence-electron chi connectivity index (χ2n) is 5.48. The molecule has 1 fully saturated rings. The summed E-state index contributed by atoms with van der Waals surface area (Å²) in [7, 11) is 0.0821. The number of amides is 2. The van der Waals surface area contributed by atoms with Crippen LogP contribution in [0.2, 0.25) is 0 Å². The summed E-state index contributed by atoms with van der Waals surface area (Å²) in [6, 6.07) is 17.8. The molecule has 1 saturated heterocycles. The average molecular weight is 325 g/mol. The molecule has 0 radical (unpaired) electrons. The van der Waals surface area contributed by atoms with Crippen LogP contribution in [-0.4, -0.2) is 29.7 Å². The molecule has 1 aliphatic rings. The number of nitrogens with zero attached hydrogens (tertiary/aromatic N) is 3. The van der Waals surface area contributed by atoms with Gasteiger partial charge in [0.05, 0.1) is 11.6 Å². The molecule has 1 heterocycles. The summed E-state index contributed by atoms with van der Waals surface area (Å²) in [5.74, 6) is -0.560. The third-order valence-corrected chi connectivity index (χ3v) is 7.59. The zero-order valence-electron chi connectivity index (χ0n) is 12.9. The Kier molecular flexibility index (Phi) is 3.71. The molecule has 3 rings (SSSR count). The smallest absolute Gasteiger partial charge is 0.311 e. The first kappa shape index (κ1) is 15.3. The van der Waals surface area contributed by atoms with Gasteiger partial charge in [-0.1, -0.05) is 30.3 Å². The standard InChI is InChI=1S/C17H16N3O2P/c1-19-16(14-10-8-13(12-18)9-11-14)23(22,20(2)17(19)21)15-6-4-3-5-7-15/h3-11,16H,1-2H3. The lowest BCUT2D eigenvalue weighted by molar-refractivity contribution is 0.202. The van der Waals surface area contributed by atoms with Gasteiger partial charge < -0.3 is 4.90 Å². The summed E-state index contributed by atoms with van der Waals surface area (Å²) in [6.07, 6.45) is 0. The maximum atomic E-state index is 13.9. The van der Waals surface area contributed by atoms with Crippen LogP contribution in [0.15, 0.2) is 54.6 Å². The number of carbonyl (C=O) groups is 1. The van der Waals surface area contributed by atoms with Crippen molar-refractivity contribution in [2.75, 3.05) is 14.1 Å². The van der Waals surface area contributed by atoms with Crippen LogP contribution in [0.4, 0.5) is 4.79 Å². The Hall–Kier alpha value is -2.57. The van der Waals surface area contributed by atoms with Crippen molar-refractivity contribution in [1.82, 2.24) is 9.57 Å². The van der Waals surface area contributed by atoms with E-state index in [-0.39, 0.29) is 6.03 Å². The van der Waals surface area contributed by atoms with E-state index in [0.717, 1.165) is 5.56 Å². The highest BCUT2D eigenvalue weighted by Crippen LogP contribution is 2.65. The van der Waals surface area contributed by atoms with Crippen molar-refractivity contribution < 1.29 is 9.36 Å². The summed E-state index contributed by atoms with van der Waals surface area (Å²) in [5.41, 5.74) is 1.29. The van der Waals surface area contributed by atoms with Crippen molar-refractivity contribution in [2.24, 2.45) is 0 Å². The minimum absolute atomic E-state index is 0.272. The van der Waals surface area contributed by atoms with E-state index in [1.165, 1.54) is 9.57 Å². The van der Waals surface area contributed by atoms with Crippen molar-refractivity contribution in [3.05, 3.63) is 65.7 Å². The molecule has 2 aromatic carbocycles. The number of carbonyl (C=O) groups excluding carboxylic acids is 1. The Bertz CT molecular complexity index is 827. The van der Waals surface area contributed by atoms with E-state index in [2.05, 4.69) is 6.07 Å². The fraction of sp³-hybridized carbons (Fsp3) is 0.176. The quantitative estimate of drug-likeness (QED) is 0.797. The molecule has 0 saturated carbocycles. The Balaban J connectivity index is 2.17. The van der Waals surface area contributed by atoms with Gasteiger partial charge in [0.1, 0.15) is 5.78 Å². The van der Waals surface area contributed by atoms with E-state index in [9.17, 15) is 9.36 Å². The topological polar surface area (TPSA) is 64.4 Å². The van der Waals surface area contributed by atoms with Crippen LogP contribution < -0.4 is 5.30 Å². The molecule has 2 atom stereocenters. The van der Waals surface area contributed by atoms with E-state index in [4.69, 9.17) is 5.26 Å². The van der Waals surface area contributed by atoms with Gasteiger partial charge in [0.2, 0.25) is 7.29 Å². The van der Waals surface area contributed by atoms with Gasteiger partial charge >= 0.3 is 6.03 Å². The maximum Gasteiger partial charge on any atom is 0.326 e. The largest absolute Gasteiger partial charge is 0.326 e. The SMILES string of the molecule is CN1C(=O)N(C)P(=O)(c2ccccc2)C1c1ccc(C#N)cc1. The molecule has 6 heteroatoms. The highest BCUT2D eigenvalue weighted by atomic mass is 31.2. The second-order valence-corrected chi connectivity index (χ2v) is 8.33. The summed E-state index contributed by atoms with van der Waals surface area (Å²) >= 11 is 0. The van der Waals surface area contributed by atoms with Crippen LogP contribution in [0.25, 0.3) is 0 Å². The first-order valence-corrected chi connectivity index (χ1v) is 8.89. The van der Waals surface area contributed by atoms with E-state index < -0.39 is 13.1 Å². The van der Waals surface area contributed by atoms with Gasteiger partial charge in [-0.3, -0.25) is 9.24 Å². The lowest BCUT2D eigenvalue weighted by Gasteiger charge is -2.26. The normalized spacial score (nSPS) is 23.9. The Morgan fingerprint density at radius 1 is 1.04 bits per heavy atom. The van der Waals surface area contributed by atoms with Gasteiger partial charge in [-0.2, -0.15) is 5.26 Å². The average Bonchev–Trinajstić information content (AvgIpc) is 2.77. The molecule has 23 heavy (non-hydrogen) atoms. The maximum absolute atomic E-state index is 13.9. The molecular formula is C17H16N3O2P. The number of hydrogen-bond donors (Lipinski definition) is 0. The van der Waals surface area contributed by atoms with Gasteiger partial charge in [-0.25, -0.2) is 4.79 Å². The lowest BCUT2D eigenvalue weighted by Crippen LogP contribution is -2.26. The first-order valence-electron chi connectivity index (χ1n) is 7.16. The lowest BCUT2D eigenvalue weighted by atomic mass is 10.1. The fourth-order valence-electron chi connectivity index (χ4n) is 2.97. The molecule has 2 aromatic rings. The van der Waals surface area contributed by atoms with E-state index in [1.54, 1.807) is 50.5 Å². The Morgan fingerprint density at radius 2 is 1.65 bits per heavy atom. The van der Waals surface area contributed by atoms with Crippen molar-refractivity contribution >= 4 is 18.6 Å². The van der Waals surface area contributed by atoms with E-state index in [0.29, 0.717) is 10.9 Å². The molecule has 0 spiro atoms. The highest BCUT2D eigenvalue weighted by molar-refractivity contribution is 7.70. The summed E-state index contributed by atoms with van der Waals surface area (Å²) in [6.45, 7) is 0. The van der Waals surface area contributed by atoms with E-state index >= 15 is 0 Å². The number of nitriles is 1.